The lowest BCUT2D eigenvalue weighted by Crippen LogP contribution is -2.52. The molecule has 0 radical (unpaired) electrons. The van der Waals surface area contributed by atoms with Gasteiger partial charge in [-0.3, -0.25) is 19.3 Å². The van der Waals surface area contributed by atoms with E-state index >= 15 is 0 Å². The molecule has 1 aliphatic heterocycles. The summed E-state index contributed by atoms with van der Waals surface area (Å²) in [6, 6.07) is 8.28. The van der Waals surface area contributed by atoms with Crippen molar-refractivity contribution in [2.24, 2.45) is 5.92 Å². The molecule has 1 saturated heterocycles. The molecule has 0 unspecified atom stereocenters. The standard InChI is InChI=1S/C28H39N3O4/c1-3-15-31-18-24(32)22(14-13-19(31)2)29-27(33)23(16-20-9-5-4-6-10-20)30-28(34)26-17-21-11-7-8-12-25(21)35-26/h7-8,11-12,17,19-20,22-23H,3-6,9-10,13-16,18H2,1-2H3,(H,29,33)(H,30,34)/t19-,22+,23+/m1/s1. The zero-order valence-electron chi connectivity index (χ0n) is 21.1. The van der Waals surface area contributed by atoms with E-state index < -0.39 is 18.0 Å². The molecule has 0 spiro atoms. The number of likely N-dealkylation sites (tertiary alicyclic amines) is 1. The number of carbonyl (C=O) groups is 3. The minimum Gasteiger partial charge on any atom is -0.451 e. The SMILES string of the molecule is CCCN1CC(=O)[C@@H](NC(=O)[C@H](CC2CCCCC2)NC(=O)c2cc3ccccc3o2)CC[C@H]1C. The van der Waals surface area contributed by atoms with E-state index in [1.54, 1.807) is 6.07 Å². The lowest BCUT2D eigenvalue weighted by molar-refractivity contribution is -0.129. The lowest BCUT2D eigenvalue weighted by atomic mass is 9.84. The molecule has 2 aliphatic rings. The van der Waals surface area contributed by atoms with Gasteiger partial charge in [-0.2, -0.15) is 0 Å². The largest absolute Gasteiger partial charge is 0.451 e. The van der Waals surface area contributed by atoms with Crippen LogP contribution in [0.15, 0.2) is 34.7 Å². The molecule has 2 aromatic rings. The number of furan rings is 1. The van der Waals surface area contributed by atoms with Crippen LogP contribution < -0.4 is 10.6 Å². The Morgan fingerprint density at radius 2 is 1.89 bits per heavy atom. The van der Waals surface area contributed by atoms with Crippen LogP contribution in [0, 0.1) is 5.92 Å². The Morgan fingerprint density at radius 1 is 1.11 bits per heavy atom. The molecular weight excluding hydrogens is 442 g/mol. The molecule has 4 rings (SSSR count). The Bertz CT molecular complexity index is 993. The van der Waals surface area contributed by atoms with Crippen molar-refractivity contribution in [3.05, 3.63) is 36.1 Å². The van der Waals surface area contributed by atoms with Crippen molar-refractivity contribution in [1.29, 1.82) is 0 Å². The Labute approximate surface area is 208 Å². The number of fused-ring (bicyclic) bond motifs is 1. The first kappa shape index (κ1) is 25.4. The van der Waals surface area contributed by atoms with Crippen molar-refractivity contribution in [1.82, 2.24) is 15.5 Å². The van der Waals surface area contributed by atoms with E-state index in [9.17, 15) is 14.4 Å². The van der Waals surface area contributed by atoms with Crippen molar-refractivity contribution < 1.29 is 18.8 Å². The number of para-hydroxylation sites is 1. The van der Waals surface area contributed by atoms with Gasteiger partial charge in [-0.25, -0.2) is 0 Å². The van der Waals surface area contributed by atoms with Crippen LogP contribution in [0.25, 0.3) is 11.0 Å². The van der Waals surface area contributed by atoms with Crippen LogP contribution in [-0.2, 0) is 9.59 Å². The van der Waals surface area contributed by atoms with E-state index in [0.717, 1.165) is 50.5 Å². The molecule has 2 heterocycles. The number of rotatable bonds is 8. The first-order chi connectivity index (χ1) is 16.9. The normalized spacial score (nSPS) is 23.1. The Balaban J connectivity index is 1.46. The van der Waals surface area contributed by atoms with Crippen LogP contribution in [0.5, 0.6) is 0 Å². The lowest BCUT2D eigenvalue weighted by Gasteiger charge is -2.27. The number of nitrogens with one attached hydrogen (secondary N) is 2. The second-order valence-electron chi connectivity index (χ2n) is 10.3. The quantitative estimate of drug-likeness (QED) is 0.581. The average Bonchev–Trinajstić information content (AvgIpc) is 3.25. The molecule has 2 N–H and O–H groups in total. The number of hydrogen-bond acceptors (Lipinski definition) is 5. The Morgan fingerprint density at radius 3 is 2.63 bits per heavy atom. The summed E-state index contributed by atoms with van der Waals surface area (Å²) in [4.78, 5) is 41.7. The van der Waals surface area contributed by atoms with Crippen LogP contribution in [-0.4, -0.2) is 53.7 Å². The molecular formula is C28H39N3O4. The maximum absolute atomic E-state index is 13.4. The number of hydrogen-bond donors (Lipinski definition) is 2. The third kappa shape index (κ3) is 6.51. The second-order valence-corrected chi connectivity index (χ2v) is 10.3. The van der Waals surface area contributed by atoms with Crippen LogP contribution in [0.3, 0.4) is 0 Å². The summed E-state index contributed by atoms with van der Waals surface area (Å²) in [6.45, 7) is 5.50. The number of Topliss-reactive ketones (excluding diaryl/α,β-unsaturated/α-hetero) is 1. The minimum atomic E-state index is -0.695. The monoisotopic (exact) mass is 481 g/mol. The van der Waals surface area contributed by atoms with Gasteiger partial charge in [0.2, 0.25) is 5.91 Å². The average molecular weight is 482 g/mol. The van der Waals surface area contributed by atoms with Gasteiger partial charge in [-0.15, -0.1) is 0 Å². The molecule has 2 amide bonds. The van der Waals surface area contributed by atoms with Crippen LogP contribution >= 0.6 is 0 Å². The third-order valence-electron chi connectivity index (χ3n) is 7.64. The van der Waals surface area contributed by atoms with Gasteiger partial charge in [0.15, 0.2) is 11.5 Å². The van der Waals surface area contributed by atoms with E-state index in [1.807, 2.05) is 24.3 Å². The van der Waals surface area contributed by atoms with E-state index in [0.29, 0.717) is 36.9 Å². The second kappa shape index (κ2) is 11.8. The zero-order chi connectivity index (χ0) is 24.8. The Hall–Kier alpha value is -2.67. The number of ketones is 1. The van der Waals surface area contributed by atoms with E-state index in [4.69, 9.17) is 4.42 Å². The predicted molar refractivity (Wildman–Crippen MR) is 136 cm³/mol. The van der Waals surface area contributed by atoms with Crippen LogP contribution in [0.1, 0.15) is 82.2 Å². The van der Waals surface area contributed by atoms with Gasteiger partial charge in [-0.05, 0) is 57.2 Å². The molecule has 190 valence electrons. The molecule has 1 aromatic carbocycles. The van der Waals surface area contributed by atoms with Gasteiger partial charge < -0.3 is 15.1 Å². The van der Waals surface area contributed by atoms with Gasteiger partial charge in [0.25, 0.3) is 5.91 Å². The van der Waals surface area contributed by atoms with Crippen molar-refractivity contribution in [2.75, 3.05) is 13.1 Å². The summed E-state index contributed by atoms with van der Waals surface area (Å²) < 4.78 is 5.73. The highest BCUT2D eigenvalue weighted by Crippen LogP contribution is 2.28. The maximum Gasteiger partial charge on any atom is 0.287 e. The molecule has 2 fully saturated rings. The molecule has 1 aromatic heterocycles. The molecule has 7 nitrogen and oxygen atoms in total. The fourth-order valence-corrected chi connectivity index (χ4v) is 5.54. The van der Waals surface area contributed by atoms with Gasteiger partial charge in [-0.1, -0.05) is 57.2 Å². The highest BCUT2D eigenvalue weighted by atomic mass is 16.3. The van der Waals surface area contributed by atoms with Crippen molar-refractivity contribution in [2.45, 2.75) is 89.8 Å². The smallest absolute Gasteiger partial charge is 0.287 e. The summed E-state index contributed by atoms with van der Waals surface area (Å²) in [5, 5.41) is 6.79. The van der Waals surface area contributed by atoms with Crippen LogP contribution in [0.4, 0.5) is 0 Å². The minimum absolute atomic E-state index is 0.0520. The highest BCUT2D eigenvalue weighted by molar-refractivity contribution is 5.99. The third-order valence-corrected chi connectivity index (χ3v) is 7.64. The van der Waals surface area contributed by atoms with Crippen molar-refractivity contribution >= 4 is 28.6 Å². The maximum atomic E-state index is 13.4. The summed E-state index contributed by atoms with van der Waals surface area (Å²) in [5.74, 6) is -0.0270. The van der Waals surface area contributed by atoms with Gasteiger partial charge >= 0.3 is 0 Å². The molecule has 3 atom stereocenters. The van der Waals surface area contributed by atoms with E-state index in [-0.39, 0.29) is 17.5 Å². The fraction of sp³-hybridized carbons (Fsp3) is 0.607. The molecule has 7 heteroatoms. The Kier molecular flexibility index (Phi) is 8.60. The van der Waals surface area contributed by atoms with E-state index in [1.165, 1.54) is 6.42 Å². The first-order valence-corrected chi connectivity index (χ1v) is 13.3. The van der Waals surface area contributed by atoms with Gasteiger partial charge in [0.05, 0.1) is 12.6 Å². The van der Waals surface area contributed by atoms with Gasteiger partial charge in [0, 0.05) is 11.4 Å². The number of nitrogens with zero attached hydrogens (tertiary/aromatic N) is 1. The molecule has 1 aliphatic carbocycles. The summed E-state index contributed by atoms with van der Waals surface area (Å²) in [5.41, 5.74) is 0.640. The highest BCUT2D eigenvalue weighted by Gasteiger charge is 2.33. The first-order valence-electron chi connectivity index (χ1n) is 13.3. The van der Waals surface area contributed by atoms with Crippen molar-refractivity contribution in [3.63, 3.8) is 0 Å². The summed E-state index contributed by atoms with van der Waals surface area (Å²) >= 11 is 0. The number of carbonyl (C=O) groups excluding carboxylic acids is 3. The topological polar surface area (TPSA) is 91.7 Å². The number of benzene rings is 1. The molecule has 35 heavy (non-hydrogen) atoms. The number of amides is 2. The fourth-order valence-electron chi connectivity index (χ4n) is 5.54. The summed E-state index contributed by atoms with van der Waals surface area (Å²) in [6.07, 6.45) is 8.72. The molecule has 1 saturated carbocycles. The van der Waals surface area contributed by atoms with E-state index in [2.05, 4.69) is 29.4 Å². The molecule has 0 bridgehead atoms. The predicted octanol–water partition coefficient (Wildman–Crippen LogP) is 4.45. The van der Waals surface area contributed by atoms with Crippen LogP contribution in [0.2, 0.25) is 0 Å². The summed E-state index contributed by atoms with van der Waals surface area (Å²) in [7, 11) is 0. The zero-order valence-corrected chi connectivity index (χ0v) is 21.1. The van der Waals surface area contributed by atoms with Crippen molar-refractivity contribution in [3.8, 4) is 0 Å². The van der Waals surface area contributed by atoms with Gasteiger partial charge in [0.1, 0.15) is 11.6 Å².